The van der Waals surface area contributed by atoms with Crippen LogP contribution in [0.3, 0.4) is 0 Å². The molecule has 4 aliphatic rings. The first kappa shape index (κ1) is 14.0. The normalized spacial score (nSPS) is 57.4. The fourth-order valence-corrected chi connectivity index (χ4v) is 8.27. The third-order valence-electron chi connectivity index (χ3n) is 4.99. The number of fused-ring (bicyclic) bond motifs is 6. The summed E-state index contributed by atoms with van der Waals surface area (Å²) in [5.74, 6) is 0.288. The number of alkyl halides is 4. The van der Waals surface area contributed by atoms with E-state index in [1.54, 1.807) is 0 Å². The Labute approximate surface area is 145 Å². The summed E-state index contributed by atoms with van der Waals surface area (Å²) in [6, 6.07) is 2.51. The first-order chi connectivity index (χ1) is 8.61. The lowest BCUT2D eigenvalue weighted by molar-refractivity contribution is -0.150. The standard InChI is InChI=1S/C12H11Br4NO2/c1-9(2)18-6-4-5(11(4,13)14)7-10(3-17,8(6)19-9)12(7,15)16/h4-8H,1-2H3/t4-,5+,6+,7-,8+,10-/m1/s1. The van der Waals surface area contributed by atoms with Gasteiger partial charge in [-0.15, -0.1) is 0 Å². The molecule has 0 bridgehead atoms. The van der Waals surface area contributed by atoms with Crippen LogP contribution in [0.25, 0.3) is 0 Å². The van der Waals surface area contributed by atoms with Gasteiger partial charge in [0.05, 0.1) is 15.4 Å². The maximum Gasteiger partial charge on any atom is 0.163 e. The van der Waals surface area contributed by atoms with Gasteiger partial charge < -0.3 is 9.47 Å². The predicted octanol–water partition coefficient (Wildman–Crippen LogP) is 3.88. The molecule has 4 fully saturated rings. The molecular weight excluding hydrogens is 510 g/mol. The smallest absolute Gasteiger partial charge is 0.163 e. The Hall–Kier alpha value is 1.33. The van der Waals surface area contributed by atoms with Crippen molar-refractivity contribution >= 4 is 63.7 Å². The van der Waals surface area contributed by atoms with Crippen molar-refractivity contribution in [1.82, 2.24) is 0 Å². The van der Waals surface area contributed by atoms with Crippen LogP contribution in [0.4, 0.5) is 0 Å². The fourth-order valence-electron chi connectivity index (χ4n) is 4.17. The minimum atomic E-state index is -0.629. The number of hydrogen-bond acceptors (Lipinski definition) is 3. The third-order valence-corrected chi connectivity index (χ3v) is 9.41. The maximum absolute atomic E-state index is 9.78. The second kappa shape index (κ2) is 3.46. The summed E-state index contributed by atoms with van der Waals surface area (Å²) in [4.78, 5) is 0. The molecule has 1 heterocycles. The second-order valence-corrected chi connectivity index (χ2v) is 13.6. The van der Waals surface area contributed by atoms with Gasteiger partial charge in [-0.3, -0.25) is 0 Å². The van der Waals surface area contributed by atoms with Gasteiger partial charge in [0.25, 0.3) is 0 Å². The van der Waals surface area contributed by atoms with E-state index in [0.29, 0.717) is 11.8 Å². The van der Waals surface area contributed by atoms with E-state index in [-0.39, 0.29) is 24.6 Å². The summed E-state index contributed by atoms with van der Waals surface area (Å²) in [5.41, 5.74) is -0.560. The molecule has 3 saturated carbocycles. The van der Waals surface area contributed by atoms with Crippen molar-refractivity contribution in [2.45, 2.75) is 38.3 Å². The van der Waals surface area contributed by atoms with E-state index in [2.05, 4.69) is 69.8 Å². The van der Waals surface area contributed by atoms with E-state index in [1.807, 2.05) is 13.8 Å². The zero-order valence-corrected chi connectivity index (χ0v) is 16.5. The van der Waals surface area contributed by atoms with Gasteiger partial charge in [0, 0.05) is 11.8 Å². The van der Waals surface area contributed by atoms with E-state index in [0.717, 1.165) is 0 Å². The Balaban J connectivity index is 1.85. The minimum Gasteiger partial charge on any atom is -0.344 e. The number of rotatable bonds is 0. The molecule has 4 rings (SSSR count). The average molecular weight is 521 g/mol. The van der Waals surface area contributed by atoms with Crippen molar-refractivity contribution in [1.29, 1.82) is 5.26 Å². The van der Waals surface area contributed by atoms with Crippen molar-refractivity contribution < 1.29 is 9.47 Å². The second-order valence-electron chi connectivity index (χ2n) is 6.33. The average Bonchev–Trinajstić information content (AvgIpc) is 2.91. The molecule has 0 unspecified atom stereocenters. The Morgan fingerprint density at radius 1 is 1.05 bits per heavy atom. The largest absolute Gasteiger partial charge is 0.344 e. The molecule has 6 atom stereocenters. The van der Waals surface area contributed by atoms with Gasteiger partial charge in [-0.1, -0.05) is 63.7 Å². The molecule has 7 heteroatoms. The SMILES string of the molecule is CC1(C)O[C@H]2[C@H]3[C@@H]([C@H]4C(Br)(Br)[C@@]4(C#N)[C@H]2O1)C3(Br)Br. The molecule has 104 valence electrons. The summed E-state index contributed by atoms with van der Waals surface area (Å²) in [5, 5.41) is 9.78. The van der Waals surface area contributed by atoms with Crippen LogP contribution in [0.15, 0.2) is 0 Å². The topological polar surface area (TPSA) is 42.2 Å². The molecule has 0 amide bonds. The molecule has 1 aliphatic heterocycles. The van der Waals surface area contributed by atoms with Crippen LogP contribution in [0.5, 0.6) is 0 Å². The van der Waals surface area contributed by atoms with Gasteiger partial charge in [0.15, 0.2) is 5.79 Å². The summed E-state index contributed by atoms with van der Waals surface area (Å²) in [6.45, 7) is 3.83. The summed E-state index contributed by atoms with van der Waals surface area (Å²) >= 11 is 14.9. The Kier molecular flexibility index (Phi) is 2.54. The fraction of sp³-hybridized carbons (Fsp3) is 0.917. The first-order valence-corrected chi connectivity index (χ1v) is 9.31. The highest BCUT2D eigenvalue weighted by Gasteiger charge is 2.94. The minimum absolute atomic E-state index is 0.0494. The van der Waals surface area contributed by atoms with Gasteiger partial charge in [0.2, 0.25) is 0 Å². The van der Waals surface area contributed by atoms with Gasteiger partial charge >= 0.3 is 0 Å². The van der Waals surface area contributed by atoms with Crippen LogP contribution in [0.1, 0.15) is 13.8 Å². The monoisotopic (exact) mass is 517 g/mol. The highest BCUT2D eigenvalue weighted by molar-refractivity contribution is 9.26. The number of ether oxygens (including phenoxy) is 2. The van der Waals surface area contributed by atoms with Crippen LogP contribution >= 0.6 is 63.7 Å². The van der Waals surface area contributed by atoms with E-state index in [4.69, 9.17) is 9.47 Å². The lowest BCUT2D eigenvalue weighted by Crippen LogP contribution is -2.39. The van der Waals surface area contributed by atoms with Gasteiger partial charge in [-0.2, -0.15) is 5.26 Å². The van der Waals surface area contributed by atoms with E-state index >= 15 is 0 Å². The molecule has 0 aromatic heterocycles. The first-order valence-electron chi connectivity index (χ1n) is 6.14. The van der Waals surface area contributed by atoms with Crippen LogP contribution in [0.2, 0.25) is 0 Å². The number of nitriles is 1. The van der Waals surface area contributed by atoms with Gasteiger partial charge in [0.1, 0.15) is 14.8 Å². The molecule has 0 aromatic carbocycles. The van der Waals surface area contributed by atoms with E-state index < -0.39 is 11.2 Å². The molecule has 3 aliphatic carbocycles. The van der Waals surface area contributed by atoms with Crippen LogP contribution in [-0.2, 0) is 9.47 Å². The van der Waals surface area contributed by atoms with E-state index in [1.165, 1.54) is 0 Å². The number of hydrogen-bond donors (Lipinski definition) is 0. The van der Waals surface area contributed by atoms with Crippen LogP contribution < -0.4 is 0 Å². The zero-order chi connectivity index (χ0) is 14.0. The molecular formula is C12H11Br4NO2. The number of nitrogens with zero attached hydrogens (tertiary/aromatic N) is 1. The van der Waals surface area contributed by atoms with Crippen molar-refractivity contribution in [3.8, 4) is 6.07 Å². The van der Waals surface area contributed by atoms with Crippen molar-refractivity contribution in [3.05, 3.63) is 0 Å². The van der Waals surface area contributed by atoms with Crippen molar-refractivity contribution in [3.63, 3.8) is 0 Å². The van der Waals surface area contributed by atoms with Crippen molar-refractivity contribution in [2.75, 3.05) is 0 Å². The molecule has 19 heavy (non-hydrogen) atoms. The third kappa shape index (κ3) is 1.36. The lowest BCUT2D eigenvalue weighted by Gasteiger charge is -2.26. The van der Waals surface area contributed by atoms with Gasteiger partial charge in [-0.25, -0.2) is 0 Å². The Morgan fingerprint density at radius 2 is 1.68 bits per heavy atom. The lowest BCUT2D eigenvalue weighted by atomic mass is 9.85. The highest BCUT2D eigenvalue weighted by atomic mass is 79.9. The molecule has 0 aromatic rings. The Bertz CT molecular complexity index is 528. The van der Waals surface area contributed by atoms with Crippen molar-refractivity contribution in [2.24, 2.45) is 23.2 Å². The Morgan fingerprint density at radius 3 is 2.26 bits per heavy atom. The van der Waals surface area contributed by atoms with Crippen LogP contribution in [0, 0.1) is 34.5 Å². The summed E-state index contributed by atoms with van der Waals surface area (Å²) in [7, 11) is 0. The maximum atomic E-state index is 9.78. The van der Waals surface area contributed by atoms with Gasteiger partial charge in [-0.05, 0) is 19.8 Å². The highest BCUT2D eigenvalue weighted by Crippen LogP contribution is 2.88. The molecule has 0 radical (unpaired) electrons. The zero-order valence-electron chi connectivity index (χ0n) is 10.2. The number of halogens is 4. The molecule has 0 spiro atoms. The molecule has 0 N–H and O–H groups in total. The summed E-state index contributed by atoms with van der Waals surface area (Å²) < 4.78 is 11.6. The summed E-state index contributed by atoms with van der Waals surface area (Å²) in [6.07, 6.45) is -0.249. The molecule has 1 saturated heterocycles. The predicted molar refractivity (Wildman–Crippen MR) is 83.5 cm³/mol. The quantitative estimate of drug-likeness (QED) is 0.455. The molecule has 3 nitrogen and oxygen atoms in total. The van der Waals surface area contributed by atoms with Crippen LogP contribution in [-0.4, -0.2) is 24.5 Å². The van der Waals surface area contributed by atoms with E-state index in [9.17, 15) is 5.26 Å².